The highest BCUT2D eigenvalue weighted by atomic mass is 16.5. The van der Waals surface area contributed by atoms with Gasteiger partial charge in [0.15, 0.2) is 6.26 Å². The van der Waals surface area contributed by atoms with Gasteiger partial charge in [-0.3, -0.25) is 0 Å². The van der Waals surface area contributed by atoms with Crippen LogP contribution in [0.5, 0.6) is 11.5 Å². The van der Waals surface area contributed by atoms with Crippen LogP contribution in [0.15, 0.2) is 34.9 Å². The van der Waals surface area contributed by atoms with Crippen molar-refractivity contribution in [1.29, 1.82) is 0 Å². The maximum absolute atomic E-state index is 9.65. The second kappa shape index (κ2) is 3.46. The predicted octanol–water partition coefficient (Wildman–Crippen LogP) is 2.46. The average Bonchev–Trinajstić information content (AvgIpc) is 2.70. The summed E-state index contributed by atoms with van der Waals surface area (Å²) in [5, 5.41) is 9.65. The van der Waals surface area contributed by atoms with Crippen molar-refractivity contribution < 1.29 is 14.3 Å². The summed E-state index contributed by atoms with van der Waals surface area (Å²) in [5.74, 6) is 0.775. The quantitative estimate of drug-likeness (QED) is 0.789. The van der Waals surface area contributed by atoms with Crippen LogP contribution in [0.3, 0.4) is 0 Å². The number of furan rings is 1. The van der Waals surface area contributed by atoms with Crippen molar-refractivity contribution in [3.8, 4) is 22.6 Å². The maximum Gasteiger partial charge on any atom is 0.177 e. The first-order valence-electron chi connectivity index (χ1n) is 4.14. The van der Waals surface area contributed by atoms with Gasteiger partial charge in [0, 0.05) is 17.2 Å². The fourth-order valence-electron chi connectivity index (χ4n) is 1.24. The Morgan fingerprint density at radius 3 is 2.79 bits per heavy atom. The lowest BCUT2D eigenvalue weighted by Gasteiger charge is -2.03. The van der Waals surface area contributed by atoms with E-state index in [1.807, 2.05) is 0 Å². The fraction of sp³-hybridized carbons (Fsp3) is 0.0909. The Morgan fingerprint density at radius 2 is 2.21 bits per heavy atom. The highest BCUT2D eigenvalue weighted by Gasteiger charge is 2.06. The Labute approximate surface area is 81.6 Å². The van der Waals surface area contributed by atoms with Crippen LogP contribution in [0.4, 0.5) is 0 Å². The van der Waals surface area contributed by atoms with Gasteiger partial charge in [0.05, 0.1) is 13.4 Å². The van der Waals surface area contributed by atoms with Crippen LogP contribution in [-0.2, 0) is 0 Å². The number of aromatic hydroxyl groups is 1. The van der Waals surface area contributed by atoms with Gasteiger partial charge in [-0.25, -0.2) is 0 Å². The third-order valence-electron chi connectivity index (χ3n) is 1.97. The third-order valence-corrected chi connectivity index (χ3v) is 1.97. The van der Waals surface area contributed by atoms with Crippen LogP contribution in [0.25, 0.3) is 11.1 Å². The van der Waals surface area contributed by atoms with E-state index in [-0.39, 0.29) is 5.75 Å². The minimum Gasteiger partial charge on any atom is -0.507 e. The van der Waals surface area contributed by atoms with E-state index in [1.54, 1.807) is 31.4 Å². The molecule has 0 atom stereocenters. The zero-order valence-corrected chi connectivity index (χ0v) is 7.65. The van der Waals surface area contributed by atoms with Crippen molar-refractivity contribution in [2.75, 3.05) is 7.11 Å². The van der Waals surface area contributed by atoms with Gasteiger partial charge in [-0.2, -0.15) is 0 Å². The molecule has 1 heterocycles. The first-order valence-corrected chi connectivity index (χ1v) is 4.14. The summed E-state index contributed by atoms with van der Waals surface area (Å²) >= 11 is 0. The third kappa shape index (κ3) is 1.44. The summed E-state index contributed by atoms with van der Waals surface area (Å²) in [5.41, 5.74) is 1.41. The molecule has 0 aliphatic rings. The highest BCUT2D eigenvalue weighted by Crippen LogP contribution is 2.31. The van der Waals surface area contributed by atoms with Crippen molar-refractivity contribution in [2.45, 2.75) is 0 Å². The number of rotatable bonds is 2. The molecule has 14 heavy (non-hydrogen) atoms. The van der Waals surface area contributed by atoms with E-state index in [0.717, 1.165) is 5.56 Å². The number of hydrogen-bond acceptors (Lipinski definition) is 3. The summed E-state index contributed by atoms with van der Waals surface area (Å²) in [6.07, 6.45) is 4.17. The smallest absolute Gasteiger partial charge is 0.177 e. The molecule has 0 saturated carbocycles. The van der Waals surface area contributed by atoms with Crippen molar-refractivity contribution >= 4 is 0 Å². The molecule has 3 nitrogen and oxygen atoms in total. The van der Waals surface area contributed by atoms with E-state index in [1.165, 1.54) is 6.26 Å². The Hall–Kier alpha value is -1.90. The van der Waals surface area contributed by atoms with E-state index in [2.05, 4.69) is 6.26 Å². The standard InChI is InChI=1S/C11H9O3/c1-13-9-2-3-10(11(12)6-9)8-4-5-14-7-8/h2-6,12H,1H3. The number of methoxy groups -OCH3 is 1. The molecule has 0 aliphatic heterocycles. The van der Waals surface area contributed by atoms with Crippen molar-refractivity contribution in [2.24, 2.45) is 0 Å². The Morgan fingerprint density at radius 1 is 1.36 bits per heavy atom. The molecule has 0 unspecified atom stereocenters. The fourth-order valence-corrected chi connectivity index (χ4v) is 1.24. The maximum atomic E-state index is 9.65. The molecule has 1 radical (unpaired) electrons. The molecule has 1 aromatic carbocycles. The zero-order valence-electron chi connectivity index (χ0n) is 7.65. The summed E-state index contributed by atoms with van der Waals surface area (Å²) in [6.45, 7) is 0. The molecular formula is C11H9O3. The second-order valence-corrected chi connectivity index (χ2v) is 2.82. The van der Waals surface area contributed by atoms with Crippen molar-refractivity contribution in [1.82, 2.24) is 0 Å². The number of phenolic OH excluding ortho intramolecular Hbond substituents is 1. The lowest BCUT2D eigenvalue weighted by molar-refractivity contribution is 0.408. The average molecular weight is 189 g/mol. The number of ether oxygens (including phenoxy) is 1. The largest absolute Gasteiger partial charge is 0.507 e. The Balaban J connectivity index is 2.46. The van der Waals surface area contributed by atoms with Crippen molar-refractivity contribution in [3.63, 3.8) is 0 Å². The molecule has 1 N–H and O–H groups in total. The molecule has 0 amide bonds. The van der Waals surface area contributed by atoms with Gasteiger partial charge in [-0.1, -0.05) is 0 Å². The minimum absolute atomic E-state index is 0.155. The Bertz CT molecular complexity index is 418. The number of hydrogen-bond donors (Lipinski definition) is 1. The molecule has 0 fully saturated rings. The van der Waals surface area contributed by atoms with Crippen LogP contribution in [0, 0.1) is 6.26 Å². The van der Waals surface area contributed by atoms with Gasteiger partial charge in [0.2, 0.25) is 0 Å². The molecule has 0 spiro atoms. The van der Waals surface area contributed by atoms with Crippen molar-refractivity contribution in [3.05, 3.63) is 36.8 Å². The summed E-state index contributed by atoms with van der Waals surface area (Å²) in [6, 6.07) is 6.82. The highest BCUT2D eigenvalue weighted by molar-refractivity contribution is 5.69. The Kier molecular flexibility index (Phi) is 2.14. The van der Waals surface area contributed by atoms with E-state index in [0.29, 0.717) is 11.3 Å². The summed E-state index contributed by atoms with van der Waals surface area (Å²) in [7, 11) is 1.55. The van der Waals surface area contributed by atoms with Gasteiger partial charge >= 0.3 is 0 Å². The number of benzene rings is 1. The van der Waals surface area contributed by atoms with Gasteiger partial charge < -0.3 is 14.3 Å². The van der Waals surface area contributed by atoms with Gasteiger partial charge in [0.25, 0.3) is 0 Å². The zero-order chi connectivity index (χ0) is 9.97. The topological polar surface area (TPSA) is 42.6 Å². The molecule has 71 valence electrons. The van der Waals surface area contributed by atoms with Gasteiger partial charge in [0.1, 0.15) is 11.5 Å². The van der Waals surface area contributed by atoms with Gasteiger partial charge in [-0.15, -0.1) is 0 Å². The molecule has 0 saturated heterocycles. The van der Waals surface area contributed by atoms with Crippen LogP contribution < -0.4 is 4.74 Å². The van der Waals surface area contributed by atoms with E-state index in [4.69, 9.17) is 9.15 Å². The first-order chi connectivity index (χ1) is 6.81. The molecule has 0 aliphatic carbocycles. The molecule has 0 bridgehead atoms. The lowest BCUT2D eigenvalue weighted by atomic mass is 10.1. The first kappa shape index (κ1) is 8.69. The van der Waals surface area contributed by atoms with E-state index >= 15 is 0 Å². The van der Waals surface area contributed by atoms with E-state index in [9.17, 15) is 5.11 Å². The molecule has 3 heteroatoms. The molecular weight excluding hydrogens is 180 g/mol. The number of phenols is 1. The predicted molar refractivity (Wildman–Crippen MR) is 51.2 cm³/mol. The van der Waals surface area contributed by atoms with Gasteiger partial charge in [-0.05, 0) is 18.2 Å². The van der Waals surface area contributed by atoms with Crippen LogP contribution in [0.2, 0.25) is 0 Å². The summed E-state index contributed by atoms with van der Waals surface area (Å²) in [4.78, 5) is 0. The molecule has 1 aromatic heterocycles. The normalized spacial score (nSPS) is 10.1. The minimum atomic E-state index is 0.155. The van der Waals surface area contributed by atoms with Crippen LogP contribution >= 0.6 is 0 Å². The lowest BCUT2D eigenvalue weighted by Crippen LogP contribution is -1.83. The second-order valence-electron chi connectivity index (χ2n) is 2.82. The van der Waals surface area contributed by atoms with Crippen LogP contribution in [-0.4, -0.2) is 12.2 Å². The monoisotopic (exact) mass is 189 g/mol. The van der Waals surface area contributed by atoms with E-state index < -0.39 is 0 Å². The summed E-state index contributed by atoms with van der Waals surface area (Å²) < 4.78 is 9.79. The molecule has 2 rings (SSSR count). The van der Waals surface area contributed by atoms with Crippen LogP contribution in [0.1, 0.15) is 0 Å². The SMILES string of the molecule is COc1ccc(-c2[c]occ2)c(O)c1. The molecule has 2 aromatic rings.